The van der Waals surface area contributed by atoms with Gasteiger partial charge in [-0.1, -0.05) is 54.1 Å². The maximum Gasteiger partial charge on any atom is 0.342 e. The Morgan fingerprint density at radius 3 is 2.55 bits per heavy atom. The second-order valence-corrected chi connectivity index (χ2v) is 7.91. The van der Waals surface area contributed by atoms with Crippen molar-refractivity contribution in [3.8, 4) is 5.75 Å². The number of nitrogens with zero attached hydrogens (tertiary/aromatic N) is 2. The van der Waals surface area contributed by atoms with Gasteiger partial charge in [-0.2, -0.15) is 0 Å². The number of aromatic nitrogens is 2. The molecule has 0 saturated carbocycles. The van der Waals surface area contributed by atoms with Crippen LogP contribution in [0.2, 0.25) is 5.02 Å². The molecule has 7 nitrogen and oxygen atoms in total. The van der Waals surface area contributed by atoms with Crippen LogP contribution >= 0.6 is 11.6 Å². The molecule has 1 atom stereocenters. The van der Waals surface area contributed by atoms with Crippen molar-refractivity contribution >= 4 is 34.5 Å². The van der Waals surface area contributed by atoms with E-state index in [-0.39, 0.29) is 17.9 Å². The highest BCUT2D eigenvalue weighted by Crippen LogP contribution is 2.28. The quantitative estimate of drug-likeness (QED) is 0.387. The molecule has 168 valence electrons. The number of hydrogen-bond donors (Lipinski definition) is 1. The van der Waals surface area contributed by atoms with Crippen molar-refractivity contribution < 1.29 is 19.1 Å². The van der Waals surface area contributed by atoms with E-state index in [9.17, 15) is 9.59 Å². The molecule has 1 amide bonds. The van der Waals surface area contributed by atoms with Gasteiger partial charge in [-0.3, -0.25) is 4.79 Å². The van der Waals surface area contributed by atoms with Crippen molar-refractivity contribution in [1.29, 1.82) is 0 Å². The van der Waals surface area contributed by atoms with Crippen LogP contribution in [0.1, 0.15) is 34.8 Å². The van der Waals surface area contributed by atoms with Crippen LogP contribution in [0, 0.1) is 0 Å². The van der Waals surface area contributed by atoms with Gasteiger partial charge in [0.05, 0.1) is 11.0 Å². The molecule has 0 aliphatic heterocycles. The fourth-order valence-corrected chi connectivity index (χ4v) is 3.72. The number of ether oxygens (including phenoxy) is 2. The Hall–Kier alpha value is -3.84. The van der Waals surface area contributed by atoms with Gasteiger partial charge in [-0.25, -0.2) is 9.78 Å². The van der Waals surface area contributed by atoms with Gasteiger partial charge >= 0.3 is 5.97 Å². The third-order valence-electron chi connectivity index (χ3n) is 5.05. The average Bonchev–Trinajstić information content (AvgIpc) is 3.15. The minimum Gasteiger partial charge on any atom is -0.483 e. The Labute approximate surface area is 195 Å². The van der Waals surface area contributed by atoms with Crippen LogP contribution < -0.4 is 10.5 Å². The summed E-state index contributed by atoms with van der Waals surface area (Å²) in [5.74, 6) is -0.433. The summed E-state index contributed by atoms with van der Waals surface area (Å²) in [5, 5.41) is 0.573. The van der Waals surface area contributed by atoms with Gasteiger partial charge in [-0.15, -0.1) is 0 Å². The summed E-state index contributed by atoms with van der Waals surface area (Å²) >= 11 is 6.17. The predicted octanol–water partition coefficient (Wildman–Crippen LogP) is 4.52. The Kier molecular flexibility index (Phi) is 6.60. The summed E-state index contributed by atoms with van der Waals surface area (Å²) in [5.41, 5.74) is 8.01. The number of carbonyl (C=O) groups is 2. The van der Waals surface area contributed by atoms with E-state index in [0.717, 1.165) is 11.1 Å². The molecule has 1 aromatic heterocycles. The Morgan fingerprint density at radius 2 is 1.79 bits per heavy atom. The van der Waals surface area contributed by atoms with E-state index in [2.05, 4.69) is 0 Å². The van der Waals surface area contributed by atoms with Crippen LogP contribution in [0.15, 0.2) is 72.8 Å². The van der Waals surface area contributed by atoms with Crippen LogP contribution in [0.5, 0.6) is 5.75 Å². The van der Waals surface area contributed by atoms with E-state index in [1.165, 1.54) is 0 Å². The Balaban J connectivity index is 1.64. The maximum absolute atomic E-state index is 13.0. The van der Waals surface area contributed by atoms with E-state index < -0.39 is 18.0 Å². The molecule has 33 heavy (non-hydrogen) atoms. The molecule has 0 aliphatic rings. The van der Waals surface area contributed by atoms with Crippen molar-refractivity contribution in [3.63, 3.8) is 0 Å². The number of fused-ring (bicyclic) bond motifs is 1. The summed E-state index contributed by atoms with van der Waals surface area (Å²) in [6.07, 6.45) is -0.670. The lowest BCUT2D eigenvalue weighted by Gasteiger charge is -2.17. The van der Waals surface area contributed by atoms with Gasteiger partial charge in [0.15, 0.2) is 18.5 Å². The summed E-state index contributed by atoms with van der Waals surface area (Å²) in [6, 6.07) is 22.0. The van der Waals surface area contributed by atoms with Crippen LogP contribution in [-0.4, -0.2) is 28.0 Å². The molecule has 0 bridgehead atoms. The standard InChI is InChI=1S/C25H22ClN3O4/c1-16(33-25(31)19-9-5-6-10-22(19)32-15-23(27)30)24-28-20-13-18(26)11-12-21(20)29(24)14-17-7-3-2-4-8-17/h2-13,16H,14-15H2,1H3,(H2,27,30)/t16-/m1/s1. The number of para-hydroxylation sites is 1. The lowest BCUT2D eigenvalue weighted by Crippen LogP contribution is -2.21. The largest absolute Gasteiger partial charge is 0.483 e. The third kappa shape index (κ3) is 5.15. The van der Waals surface area contributed by atoms with Gasteiger partial charge in [-0.05, 0) is 42.8 Å². The lowest BCUT2D eigenvalue weighted by molar-refractivity contribution is -0.119. The first-order chi connectivity index (χ1) is 15.9. The van der Waals surface area contributed by atoms with Gasteiger partial charge in [0.2, 0.25) is 0 Å². The number of hydrogen-bond acceptors (Lipinski definition) is 5. The minimum atomic E-state index is -0.670. The number of amides is 1. The Morgan fingerprint density at radius 1 is 1.06 bits per heavy atom. The van der Waals surface area contributed by atoms with Crippen molar-refractivity contribution in [2.75, 3.05) is 6.61 Å². The molecule has 3 aromatic carbocycles. The zero-order valence-electron chi connectivity index (χ0n) is 17.9. The minimum absolute atomic E-state index is 0.194. The Bertz CT molecular complexity index is 1300. The number of halogens is 1. The molecular formula is C25H22ClN3O4. The molecule has 0 spiro atoms. The first-order valence-electron chi connectivity index (χ1n) is 10.3. The molecule has 4 rings (SSSR count). The van der Waals surface area contributed by atoms with Crippen molar-refractivity contribution in [3.05, 3.63) is 94.8 Å². The van der Waals surface area contributed by atoms with Gasteiger partial charge < -0.3 is 19.8 Å². The highest BCUT2D eigenvalue weighted by atomic mass is 35.5. The smallest absolute Gasteiger partial charge is 0.342 e. The number of benzene rings is 3. The maximum atomic E-state index is 13.0. The molecule has 0 fully saturated rings. The first-order valence-corrected chi connectivity index (χ1v) is 10.7. The van der Waals surface area contributed by atoms with E-state index in [1.54, 1.807) is 43.3 Å². The number of carbonyl (C=O) groups excluding carboxylic acids is 2. The molecule has 0 radical (unpaired) electrons. The molecule has 2 N–H and O–H groups in total. The molecule has 0 unspecified atom stereocenters. The van der Waals surface area contributed by atoms with Gasteiger partial charge in [0.1, 0.15) is 11.3 Å². The first kappa shape index (κ1) is 22.4. The number of nitrogens with two attached hydrogens (primary N) is 1. The summed E-state index contributed by atoms with van der Waals surface area (Å²) < 4.78 is 13.1. The van der Waals surface area contributed by atoms with Crippen LogP contribution in [-0.2, 0) is 16.1 Å². The highest BCUT2D eigenvalue weighted by Gasteiger charge is 2.23. The SMILES string of the molecule is C[C@@H](OC(=O)c1ccccc1OCC(N)=O)c1nc2cc(Cl)ccc2n1Cc1ccccc1. The number of esters is 1. The van der Waals surface area contributed by atoms with E-state index in [1.807, 2.05) is 41.0 Å². The predicted molar refractivity (Wildman–Crippen MR) is 125 cm³/mol. The molecule has 1 heterocycles. The molecule has 4 aromatic rings. The van der Waals surface area contributed by atoms with Crippen molar-refractivity contribution in [1.82, 2.24) is 9.55 Å². The number of primary amides is 1. The average molecular weight is 464 g/mol. The van der Waals surface area contributed by atoms with Gasteiger partial charge in [0.25, 0.3) is 5.91 Å². The van der Waals surface area contributed by atoms with Crippen LogP contribution in [0.3, 0.4) is 0 Å². The molecular weight excluding hydrogens is 442 g/mol. The fraction of sp³-hybridized carbons (Fsp3) is 0.160. The van der Waals surface area contributed by atoms with E-state index in [4.69, 9.17) is 31.8 Å². The second kappa shape index (κ2) is 9.75. The summed E-state index contributed by atoms with van der Waals surface area (Å²) in [7, 11) is 0. The van der Waals surface area contributed by atoms with Crippen molar-refractivity contribution in [2.45, 2.75) is 19.6 Å². The number of rotatable bonds is 8. The summed E-state index contributed by atoms with van der Waals surface area (Å²) in [4.78, 5) is 28.7. The summed E-state index contributed by atoms with van der Waals surface area (Å²) in [6.45, 7) is 1.97. The molecule has 0 saturated heterocycles. The normalized spacial score (nSPS) is 11.8. The third-order valence-corrected chi connectivity index (χ3v) is 5.28. The lowest BCUT2D eigenvalue weighted by atomic mass is 10.2. The monoisotopic (exact) mass is 463 g/mol. The van der Waals surface area contributed by atoms with Crippen LogP contribution in [0.25, 0.3) is 11.0 Å². The molecule has 8 heteroatoms. The van der Waals surface area contributed by atoms with Crippen LogP contribution in [0.4, 0.5) is 0 Å². The number of imidazole rings is 1. The van der Waals surface area contributed by atoms with E-state index in [0.29, 0.717) is 22.9 Å². The topological polar surface area (TPSA) is 96.4 Å². The van der Waals surface area contributed by atoms with E-state index >= 15 is 0 Å². The fourth-order valence-electron chi connectivity index (χ4n) is 3.55. The van der Waals surface area contributed by atoms with Crippen molar-refractivity contribution in [2.24, 2.45) is 5.73 Å². The molecule has 0 aliphatic carbocycles. The second-order valence-electron chi connectivity index (χ2n) is 7.47. The van der Waals surface area contributed by atoms with Gasteiger partial charge in [0, 0.05) is 11.6 Å². The zero-order chi connectivity index (χ0) is 23.4. The highest BCUT2D eigenvalue weighted by molar-refractivity contribution is 6.31. The zero-order valence-corrected chi connectivity index (χ0v) is 18.7.